The number of ketones is 1. The largest absolute Gasteiger partial charge is 0.431 e. The fraction of sp³-hybridized carbons (Fsp3) is 0.333. The summed E-state index contributed by atoms with van der Waals surface area (Å²) in [7, 11) is 0. The van der Waals surface area contributed by atoms with Gasteiger partial charge in [-0.05, 0) is 37.1 Å². The molecule has 1 fully saturated rings. The minimum atomic E-state index is -0.282. The molecule has 2 aromatic rings. The molecule has 1 aromatic heterocycles. The molecule has 1 saturated carbocycles. The molecule has 0 N–H and O–H groups in total. The zero-order valence-corrected chi connectivity index (χ0v) is 11.7. The van der Waals surface area contributed by atoms with Gasteiger partial charge in [0.25, 0.3) is 5.22 Å². The van der Waals surface area contributed by atoms with Crippen molar-refractivity contribution >= 4 is 17.5 Å². The van der Waals surface area contributed by atoms with E-state index in [4.69, 9.17) is 4.42 Å². The summed E-state index contributed by atoms with van der Waals surface area (Å²) in [4.78, 5) is 16.0. The lowest BCUT2D eigenvalue weighted by molar-refractivity contribution is -0.119. The number of Topliss-reactive ketones (excluding diaryl/α,β-unsaturated/α-hetero) is 1. The number of hydrogen-bond donors (Lipinski definition) is 0. The quantitative estimate of drug-likeness (QED) is 0.854. The predicted octanol–water partition coefficient (Wildman–Crippen LogP) is 4.08. The van der Waals surface area contributed by atoms with Crippen LogP contribution in [0.4, 0.5) is 4.39 Å². The summed E-state index contributed by atoms with van der Waals surface area (Å²) < 4.78 is 18.5. The van der Waals surface area contributed by atoms with Crippen molar-refractivity contribution in [3.05, 3.63) is 36.3 Å². The third-order valence-corrected chi connectivity index (χ3v) is 4.53. The van der Waals surface area contributed by atoms with Crippen molar-refractivity contribution in [3.8, 4) is 11.3 Å². The van der Waals surface area contributed by atoms with Gasteiger partial charge in [-0.3, -0.25) is 4.79 Å². The molecule has 1 atom stereocenters. The molecule has 3 nitrogen and oxygen atoms in total. The molecule has 0 saturated heterocycles. The highest BCUT2D eigenvalue weighted by Gasteiger charge is 2.25. The Balaban J connectivity index is 1.73. The molecule has 0 spiro atoms. The number of nitrogens with zero attached hydrogens (tertiary/aromatic N) is 1. The number of halogens is 1. The fourth-order valence-electron chi connectivity index (χ4n) is 2.26. The topological polar surface area (TPSA) is 43.1 Å². The van der Waals surface area contributed by atoms with Crippen molar-refractivity contribution in [1.82, 2.24) is 4.98 Å². The van der Waals surface area contributed by atoms with Gasteiger partial charge in [0, 0.05) is 12.0 Å². The minimum absolute atomic E-state index is 0.0385. The lowest BCUT2D eigenvalue weighted by Gasteiger charge is -2.17. The van der Waals surface area contributed by atoms with Gasteiger partial charge in [-0.1, -0.05) is 18.2 Å². The molecule has 0 bridgehead atoms. The maximum atomic E-state index is 12.9. The fourth-order valence-corrected chi connectivity index (χ4v) is 3.29. The SMILES string of the molecule is O=C1CCCCC1Sc1ncc(-c2ccc(F)cc2)o1. The van der Waals surface area contributed by atoms with Crippen molar-refractivity contribution in [2.24, 2.45) is 0 Å². The van der Waals surface area contributed by atoms with E-state index in [0.717, 1.165) is 24.8 Å². The molecule has 0 amide bonds. The molecule has 1 aliphatic carbocycles. The highest BCUT2D eigenvalue weighted by Crippen LogP contribution is 2.33. The van der Waals surface area contributed by atoms with Crippen LogP contribution < -0.4 is 0 Å². The minimum Gasteiger partial charge on any atom is -0.431 e. The molecule has 3 rings (SSSR count). The lowest BCUT2D eigenvalue weighted by Crippen LogP contribution is -2.21. The first-order valence-corrected chi connectivity index (χ1v) is 7.51. The van der Waals surface area contributed by atoms with Crippen molar-refractivity contribution in [2.75, 3.05) is 0 Å². The number of rotatable bonds is 3. The molecule has 0 aliphatic heterocycles. The van der Waals surface area contributed by atoms with Crippen LogP contribution in [0.1, 0.15) is 25.7 Å². The van der Waals surface area contributed by atoms with Crippen LogP contribution in [-0.4, -0.2) is 16.0 Å². The second kappa shape index (κ2) is 5.79. The first kappa shape index (κ1) is 13.4. The summed E-state index contributed by atoms with van der Waals surface area (Å²) >= 11 is 1.39. The second-order valence-corrected chi connectivity index (χ2v) is 5.97. The van der Waals surface area contributed by atoms with Gasteiger partial charge in [0.05, 0.1) is 11.4 Å². The third-order valence-electron chi connectivity index (χ3n) is 3.35. The lowest BCUT2D eigenvalue weighted by atomic mass is 9.99. The molecule has 1 heterocycles. The van der Waals surface area contributed by atoms with Gasteiger partial charge in [0.15, 0.2) is 5.76 Å². The average Bonchev–Trinajstić information content (AvgIpc) is 2.91. The molecule has 20 heavy (non-hydrogen) atoms. The molecular weight excluding hydrogens is 277 g/mol. The van der Waals surface area contributed by atoms with Crippen LogP contribution in [0.3, 0.4) is 0 Å². The summed E-state index contributed by atoms with van der Waals surface area (Å²) in [6.45, 7) is 0. The molecule has 0 radical (unpaired) electrons. The molecule has 1 aliphatic rings. The monoisotopic (exact) mass is 291 g/mol. The van der Waals surface area contributed by atoms with E-state index in [2.05, 4.69) is 4.98 Å². The van der Waals surface area contributed by atoms with Gasteiger partial charge in [-0.2, -0.15) is 0 Å². The standard InChI is InChI=1S/C15H14FNO2S/c16-11-7-5-10(6-8-11)13-9-17-15(19-13)20-14-4-2-1-3-12(14)18/h5-9,14H,1-4H2. The third kappa shape index (κ3) is 2.93. The Morgan fingerprint density at radius 1 is 1.25 bits per heavy atom. The van der Waals surface area contributed by atoms with Gasteiger partial charge in [0.2, 0.25) is 0 Å². The Morgan fingerprint density at radius 2 is 2.05 bits per heavy atom. The number of hydrogen-bond acceptors (Lipinski definition) is 4. The molecule has 1 unspecified atom stereocenters. The van der Waals surface area contributed by atoms with Crippen molar-refractivity contribution in [3.63, 3.8) is 0 Å². The Morgan fingerprint density at radius 3 is 2.80 bits per heavy atom. The van der Waals surface area contributed by atoms with Gasteiger partial charge < -0.3 is 4.42 Å². The summed E-state index contributed by atoms with van der Waals surface area (Å²) in [5.41, 5.74) is 0.778. The highest BCUT2D eigenvalue weighted by atomic mass is 32.2. The molecule has 1 aromatic carbocycles. The van der Waals surface area contributed by atoms with E-state index in [1.807, 2.05) is 0 Å². The zero-order chi connectivity index (χ0) is 13.9. The number of carbonyl (C=O) groups is 1. The van der Waals surface area contributed by atoms with E-state index in [-0.39, 0.29) is 16.9 Å². The predicted molar refractivity (Wildman–Crippen MR) is 75.0 cm³/mol. The summed E-state index contributed by atoms with van der Waals surface area (Å²) in [5.74, 6) is 0.592. The number of oxazole rings is 1. The zero-order valence-electron chi connectivity index (χ0n) is 10.8. The van der Waals surface area contributed by atoms with Crippen molar-refractivity contribution < 1.29 is 13.6 Å². The van der Waals surface area contributed by atoms with Gasteiger partial charge >= 0.3 is 0 Å². The van der Waals surface area contributed by atoms with E-state index in [0.29, 0.717) is 17.4 Å². The number of aromatic nitrogens is 1. The maximum absolute atomic E-state index is 12.9. The van der Waals surface area contributed by atoms with Crippen LogP contribution in [-0.2, 0) is 4.79 Å². The van der Waals surface area contributed by atoms with Crippen LogP contribution in [0.2, 0.25) is 0 Å². The van der Waals surface area contributed by atoms with Gasteiger partial charge in [-0.25, -0.2) is 9.37 Å². The number of thioether (sulfide) groups is 1. The maximum Gasteiger partial charge on any atom is 0.256 e. The number of benzene rings is 1. The van der Waals surface area contributed by atoms with E-state index in [1.54, 1.807) is 18.3 Å². The Labute approximate surface area is 120 Å². The van der Waals surface area contributed by atoms with E-state index < -0.39 is 0 Å². The van der Waals surface area contributed by atoms with Crippen molar-refractivity contribution in [2.45, 2.75) is 36.2 Å². The molecular formula is C15H14FNO2S. The normalized spacial score (nSPS) is 19.2. The van der Waals surface area contributed by atoms with E-state index >= 15 is 0 Å². The summed E-state index contributed by atoms with van der Waals surface area (Å²) in [6, 6.07) is 6.07. The van der Waals surface area contributed by atoms with E-state index in [9.17, 15) is 9.18 Å². The van der Waals surface area contributed by atoms with Gasteiger partial charge in [-0.15, -0.1) is 0 Å². The Kier molecular flexibility index (Phi) is 3.87. The van der Waals surface area contributed by atoms with Gasteiger partial charge in [0.1, 0.15) is 11.6 Å². The Hall–Kier alpha value is -1.62. The highest BCUT2D eigenvalue weighted by molar-refractivity contribution is 8.00. The molecule has 5 heteroatoms. The number of carbonyl (C=O) groups excluding carboxylic acids is 1. The van der Waals surface area contributed by atoms with Crippen LogP contribution in [0.5, 0.6) is 0 Å². The Bertz CT molecular complexity index is 609. The summed E-state index contributed by atoms with van der Waals surface area (Å²) in [6.07, 6.45) is 5.22. The van der Waals surface area contributed by atoms with Crippen LogP contribution in [0.25, 0.3) is 11.3 Å². The van der Waals surface area contributed by atoms with Crippen LogP contribution >= 0.6 is 11.8 Å². The first-order valence-electron chi connectivity index (χ1n) is 6.63. The average molecular weight is 291 g/mol. The first-order chi connectivity index (χ1) is 9.72. The summed E-state index contributed by atoms with van der Waals surface area (Å²) in [5, 5.41) is 0.466. The van der Waals surface area contributed by atoms with Crippen LogP contribution in [0.15, 0.2) is 40.1 Å². The van der Waals surface area contributed by atoms with Crippen molar-refractivity contribution in [1.29, 1.82) is 0 Å². The smallest absolute Gasteiger partial charge is 0.256 e. The van der Waals surface area contributed by atoms with E-state index in [1.165, 1.54) is 23.9 Å². The second-order valence-electron chi connectivity index (χ2n) is 4.82. The van der Waals surface area contributed by atoms with Crippen LogP contribution in [0, 0.1) is 5.82 Å². The molecule has 104 valence electrons.